The van der Waals surface area contributed by atoms with Crippen LogP contribution in [0, 0.1) is 0 Å². The summed E-state index contributed by atoms with van der Waals surface area (Å²) in [4.78, 5) is 25.8. The average Bonchev–Trinajstić information content (AvgIpc) is 3.19. The van der Waals surface area contributed by atoms with E-state index < -0.39 is 0 Å². The van der Waals surface area contributed by atoms with Crippen molar-refractivity contribution in [3.05, 3.63) is 59.7 Å². The Kier molecular flexibility index (Phi) is 5.22. The van der Waals surface area contributed by atoms with E-state index in [1.807, 2.05) is 29.3 Å². The molecule has 2 aromatic rings. The van der Waals surface area contributed by atoms with Crippen LogP contribution < -0.4 is 0 Å². The second-order valence-electron chi connectivity index (χ2n) is 6.87. The minimum atomic E-state index is 0.0622. The number of ether oxygens (including phenoxy) is 1. The number of likely N-dealkylation sites (tertiary alicyclic amines) is 1. The molecular formula is C20H24N4O2. The van der Waals surface area contributed by atoms with Crippen LogP contribution in [0.3, 0.4) is 0 Å². The highest BCUT2D eigenvalue weighted by Crippen LogP contribution is 2.33. The average molecular weight is 352 g/mol. The Bertz CT molecular complexity index is 746. The third-order valence-corrected chi connectivity index (χ3v) is 5.14. The highest BCUT2D eigenvalue weighted by atomic mass is 16.5. The van der Waals surface area contributed by atoms with Crippen molar-refractivity contribution in [2.24, 2.45) is 0 Å². The quantitative estimate of drug-likeness (QED) is 0.845. The molecule has 1 amide bonds. The minimum absolute atomic E-state index is 0.0622. The summed E-state index contributed by atoms with van der Waals surface area (Å²) in [6.07, 6.45) is 7.23. The standard InChI is InChI=1S/C20H24N4O2/c25-20(17-3-1-6-21-14-17)24-8-2-4-19(24)16-5-7-22-18(13-16)15-23-9-11-26-12-10-23/h1,3,5-7,13-14,19H,2,4,8-12,15H2. The maximum absolute atomic E-state index is 12.9. The molecule has 6 heteroatoms. The molecule has 0 aromatic carbocycles. The van der Waals surface area contributed by atoms with Gasteiger partial charge in [0.15, 0.2) is 0 Å². The van der Waals surface area contributed by atoms with Crippen molar-refractivity contribution in [1.82, 2.24) is 19.8 Å². The molecule has 1 atom stereocenters. The number of pyridine rings is 2. The smallest absolute Gasteiger partial charge is 0.255 e. The summed E-state index contributed by atoms with van der Waals surface area (Å²) in [5.41, 5.74) is 2.89. The molecule has 0 aliphatic carbocycles. The summed E-state index contributed by atoms with van der Waals surface area (Å²) in [5.74, 6) is 0.0622. The van der Waals surface area contributed by atoms with Crippen molar-refractivity contribution >= 4 is 5.91 Å². The molecule has 2 aliphatic rings. The predicted molar refractivity (Wildman–Crippen MR) is 97.6 cm³/mol. The van der Waals surface area contributed by atoms with Gasteiger partial charge in [0, 0.05) is 44.8 Å². The molecule has 2 saturated heterocycles. The molecule has 2 aliphatic heterocycles. The second-order valence-corrected chi connectivity index (χ2v) is 6.87. The molecule has 4 rings (SSSR count). The lowest BCUT2D eigenvalue weighted by molar-refractivity contribution is 0.0336. The van der Waals surface area contributed by atoms with Gasteiger partial charge in [0.1, 0.15) is 0 Å². The molecule has 2 fully saturated rings. The maximum atomic E-state index is 12.9. The number of carbonyl (C=O) groups excluding carboxylic acids is 1. The third-order valence-electron chi connectivity index (χ3n) is 5.14. The summed E-state index contributed by atoms with van der Waals surface area (Å²) in [7, 11) is 0. The topological polar surface area (TPSA) is 58.6 Å². The fourth-order valence-corrected chi connectivity index (χ4v) is 3.79. The van der Waals surface area contributed by atoms with Gasteiger partial charge in [-0.25, -0.2) is 0 Å². The summed E-state index contributed by atoms with van der Waals surface area (Å²) in [6.45, 7) is 5.09. The van der Waals surface area contributed by atoms with Crippen LogP contribution in [-0.4, -0.2) is 58.5 Å². The number of aromatic nitrogens is 2. The summed E-state index contributed by atoms with van der Waals surface area (Å²) < 4.78 is 5.41. The zero-order valence-corrected chi connectivity index (χ0v) is 14.9. The highest BCUT2D eigenvalue weighted by molar-refractivity contribution is 5.94. The number of carbonyl (C=O) groups is 1. The monoisotopic (exact) mass is 352 g/mol. The number of rotatable bonds is 4. The Balaban J connectivity index is 1.50. The Morgan fingerprint density at radius 1 is 1.19 bits per heavy atom. The van der Waals surface area contributed by atoms with Crippen molar-refractivity contribution in [1.29, 1.82) is 0 Å². The SMILES string of the molecule is O=C(c1cccnc1)N1CCCC1c1ccnc(CN2CCOCC2)c1. The van der Waals surface area contributed by atoms with Gasteiger partial charge in [-0.15, -0.1) is 0 Å². The number of morpholine rings is 1. The maximum Gasteiger partial charge on any atom is 0.255 e. The molecule has 0 spiro atoms. The van der Waals surface area contributed by atoms with Crippen molar-refractivity contribution < 1.29 is 9.53 Å². The van der Waals surface area contributed by atoms with Crippen molar-refractivity contribution in [3.63, 3.8) is 0 Å². The van der Waals surface area contributed by atoms with E-state index in [1.54, 1.807) is 12.4 Å². The van der Waals surface area contributed by atoms with E-state index in [1.165, 1.54) is 5.56 Å². The fourth-order valence-electron chi connectivity index (χ4n) is 3.79. The van der Waals surface area contributed by atoms with Gasteiger partial charge in [0.05, 0.1) is 30.5 Å². The van der Waals surface area contributed by atoms with E-state index in [0.29, 0.717) is 5.56 Å². The van der Waals surface area contributed by atoms with Crippen LogP contribution in [0.15, 0.2) is 42.9 Å². The first kappa shape index (κ1) is 17.1. The van der Waals surface area contributed by atoms with Gasteiger partial charge in [-0.3, -0.25) is 19.7 Å². The lowest BCUT2D eigenvalue weighted by Gasteiger charge is -2.27. The zero-order chi connectivity index (χ0) is 17.8. The Hall–Kier alpha value is -2.31. The summed E-state index contributed by atoms with van der Waals surface area (Å²) in [5, 5.41) is 0. The molecule has 2 aromatic heterocycles. The summed E-state index contributed by atoms with van der Waals surface area (Å²) >= 11 is 0. The van der Waals surface area contributed by atoms with Crippen LogP contribution in [0.1, 0.15) is 40.5 Å². The van der Waals surface area contributed by atoms with E-state index >= 15 is 0 Å². The minimum Gasteiger partial charge on any atom is -0.379 e. The van der Waals surface area contributed by atoms with Crippen molar-refractivity contribution in [2.75, 3.05) is 32.8 Å². The van der Waals surface area contributed by atoms with Gasteiger partial charge in [-0.1, -0.05) is 0 Å². The fraction of sp³-hybridized carbons (Fsp3) is 0.450. The largest absolute Gasteiger partial charge is 0.379 e. The summed E-state index contributed by atoms with van der Waals surface area (Å²) in [6, 6.07) is 7.97. The number of hydrogen-bond donors (Lipinski definition) is 0. The van der Waals surface area contributed by atoms with E-state index in [2.05, 4.69) is 20.9 Å². The Morgan fingerprint density at radius 3 is 2.88 bits per heavy atom. The first-order valence-corrected chi connectivity index (χ1v) is 9.27. The molecule has 0 bridgehead atoms. The van der Waals surface area contributed by atoms with E-state index in [9.17, 15) is 4.79 Å². The highest BCUT2D eigenvalue weighted by Gasteiger charge is 2.31. The molecule has 0 saturated carbocycles. The number of nitrogens with zero attached hydrogens (tertiary/aromatic N) is 4. The molecular weight excluding hydrogens is 328 g/mol. The van der Waals surface area contributed by atoms with Crippen LogP contribution in [0.4, 0.5) is 0 Å². The molecule has 0 N–H and O–H groups in total. The van der Waals surface area contributed by atoms with E-state index in [4.69, 9.17) is 4.74 Å². The predicted octanol–water partition coefficient (Wildman–Crippen LogP) is 2.29. The van der Waals surface area contributed by atoms with Crippen LogP contribution in [0.5, 0.6) is 0 Å². The van der Waals surface area contributed by atoms with Crippen LogP contribution in [0.2, 0.25) is 0 Å². The Labute approximate surface area is 153 Å². The molecule has 6 nitrogen and oxygen atoms in total. The van der Waals surface area contributed by atoms with Crippen LogP contribution in [-0.2, 0) is 11.3 Å². The molecule has 0 radical (unpaired) electrons. The molecule has 26 heavy (non-hydrogen) atoms. The van der Waals surface area contributed by atoms with Gasteiger partial charge >= 0.3 is 0 Å². The van der Waals surface area contributed by atoms with Crippen LogP contribution >= 0.6 is 0 Å². The lowest BCUT2D eigenvalue weighted by Crippen LogP contribution is -2.36. The van der Waals surface area contributed by atoms with E-state index in [0.717, 1.165) is 57.9 Å². The van der Waals surface area contributed by atoms with Crippen molar-refractivity contribution in [3.8, 4) is 0 Å². The van der Waals surface area contributed by atoms with Crippen molar-refractivity contribution in [2.45, 2.75) is 25.4 Å². The van der Waals surface area contributed by atoms with Gasteiger partial charge in [-0.05, 0) is 42.7 Å². The number of hydrogen-bond acceptors (Lipinski definition) is 5. The van der Waals surface area contributed by atoms with Gasteiger partial charge in [-0.2, -0.15) is 0 Å². The molecule has 4 heterocycles. The van der Waals surface area contributed by atoms with Gasteiger partial charge < -0.3 is 9.64 Å². The third kappa shape index (κ3) is 3.76. The van der Waals surface area contributed by atoms with Crippen LogP contribution in [0.25, 0.3) is 0 Å². The second kappa shape index (κ2) is 7.93. The lowest BCUT2D eigenvalue weighted by atomic mass is 10.0. The molecule has 1 unspecified atom stereocenters. The number of amides is 1. The van der Waals surface area contributed by atoms with E-state index in [-0.39, 0.29) is 11.9 Å². The molecule has 136 valence electrons. The Morgan fingerprint density at radius 2 is 2.08 bits per heavy atom. The van der Waals surface area contributed by atoms with Gasteiger partial charge in [0.2, 0.25) is 0 Å². The zero-order valence-electron chi connectivity index (χ0n) is 14.9. The first-order chi connectivity index (χ1) is 12.8. The van der Waals surface area contributed by atoms with Gasteiger partial charge in [0.25, 0.3) is 5.91 Å². The normalized spacial score (nSPS) is 21.1. The first-order valence-electron chi connectivity index (χ1n) is 9.27.